The first kappa shape index (κ1) is 16.1. The fourth-order valence-corrected chi connectivity index (χ4v) is 1.53. The predicted molar refractivity (Wildman–Crippen MR) is 76.5 cm³/mol. The number of carbonyl (C=O) groups is 2. The summed E-state index contributed by atoms with van der Waals surface area (Å²) in [6, 6.07) is 6.78. The summed E-state index contributed by atoms with van der Waals surface area (Å²) in [5.41, 5.74) is 1.28. The molecule has 1 aromatic rings. The zero-order chi connectivity index (χ0) is 15.0. The monoisotopic (exact) mass is 280 g/mol. The van der Waals surface area contributed by atoms with Gasteiger partial charge in [0.1, 0.15) is 6.61 Å². The molecule has 2 amide bonds. The van der Waals surface area contributed by atoms with Gasteiger partial charge < -0.3 is 20.5 Å². The van der Waals surface area contributed by atoms with Crippen LogP contribution in [0.4, 0.5) is 11.4 Å². The molecule has 20 heavy (non-hydrogen) atoms. The summed E-state index contributed by atoms with van der Waals surface area (Å²) < 4.78 is 4.71. The van der Waals surface area contributed by atoms with Crippen molar-refractivity contribution in [3.8, 4) is 0 Å². The van der Waals surface area contributed by atoms with E-state index in [2.05, 4.69) is 10.6 Å². The van der Waals surface area contributed by atoms with E-state index in [1.165, 1.54) is 7.11 Å². The average molecular weight is 280 g/mol. The second kappa shape index (κ2) is 8.29. The summed E-state index contributed by atoms with van der Waals surface area (Å²) in [7, 11) is 1.45. The fourth-order valence-electron chi connectivity index (χ4n) is 1.53. The first-order chi connectivity index (χ1) is 9.51. The van der Waals surface area contributed by atoms with Crippen molar-refractivity contribution < 1.29 is 19.4 Å². The summed E-state index contributed by atoms with van der Waals surface area (Å²) in [5.74, 6) is -0.386. The van der Waals surface area contributed by atoms with Crippen LogP contribution in [0.15, 0.2) is 24.3 Å². The molecule has 0 radical (unpaired) electrons. The van der Waals surface area contributed by atoms with Gasteiger partial charge >= 0.3 is 0 Å². The van der Waals surface area contributed by atoms with Crippen LogP contribution in [0.3, 0.4) is 0 Å². The molecule has 0 heterocycles. The SMILES string of the molecule is COCC(=O)Nc1ccc(NC(=O)CCC(C)O)cc1. The Morgan fingerprint density at radius 1 is 1.15 bits per heavy atom. The maximum Gasteiger partial charge on any atom is 0.250 e. The fraction of sp³-hybridized carbons (Fsp3) is 0.429. The number of methoxy groups -OCH3 is 1. The van der Waals surface area contributed by atoms with Gasteiger partial charge in [0.2, 0.25) is 11.8 Å². The molecule has 0 aliphatic heterocycles. The Morgan fingerprint density at radius 2 is 1.65 bits per heavy atom. The number of aliphatic hydroxyl groups excluding tert-OH is 1. The highest BCUT2D eigenvalue weighted by atomic mass is 16.5. The normalized spacial score (nSPS) is 11.8. The molecular formula is C14H20N2O4. The van der Waals surface area contributed by atoms with Crippen molar-refractivity contribution in [3.63, 3.8) is 0 Å². The Labute approximate surface area is 118 Å². The largest absolute Gasteiger partial charge is 0.393 e. The van der Waals surface area contributed by atoms with Gasteiger partial charge in [-0.25, -0.2) is 0 Å². The van der Waals surface area contributed by atoms with Crippen molar-refractivity contribution in [2.45, 2.75) is 25.9 Å². The zero-order valence-corrected chi connectivity index (χ0v) is 11.7. The van der Waals surface area contributed by atoms with Crippen LogP contribution in [0.1, 0.15) is 19.8 Å². The van der Waals surface area contributed by atoms with E-state index in [1.807, 2.05) is 0 Å². The summed E-state index contributed by atoms with van der Waals surface area (Å²) in [5, 5.41) is 14.5. The molecule has 0 aliphatic rings. The second-order valence-electron chi connectivity index (χ2n) is 4.49. The molecule has 0 bridgehead atoms. The van der Waals surface area contributed by atoms with Crippen molar-refractivity contribution in [2.24, 2.45) is 0 Å². The minimum Gasteiger partial charge on any atom is -0.393 e. The number of hydrogen-bond acceptors (Lipinski definition) is 4. The number of benzene rings is 1. The molecule has 0 fully saturated rings. The van der Waals surface area contributed by atoms with Gasteiger partial charge in [-0.15, -0.1) is 0 Å². The lowest BCUT2D eigenvalue weighted by Gasteiger charge is -2.08. The third kappa shape index (κ3) is 6.31. The third-order valence-electron chi connectivity index (χ3n) is 2.52. The molecule has 0 aromatic heterocycles. The summed E-state index contributed by atoms with van der Waals surface area (Å²) in [6.07, 6.45) is 0.208. The van der Waals surface area contributed by atoms with Gasteiger partial charge in [0.25, 0.3) is 0 Å². The molecule has 110 valence electrons. The number of hydrogen-bond donors (Lipinski definition) is 3. The lowest BCUT2D eigenvalue weighted by molar-refractivity contribution is -0.119. The van der Waals surface area contributed by atoms with Crippen molar-refractivity contribution in [1.29, 1.82) is 0 Å². The Balaban J connectivity index is 2.46. The molecule has 0 saturated carbocycles. The van der Waals surface area contributed by atoms with Crippen LogP contribution in [-0.4, -0.2) is 36.7 Å². The maximum atomic E-state index is 11.6. The van der Waals surface area contributed by atoms with Crippen molar-refractivity contribution in [1.82, 2.24) is 0 Å². The lowest BCUT2D eigenvalue weighted by atomic mass is 10.2. The van der Waals surface area contributed by atoms with Gasteiger partial charge in [-0.3, -0.25) is 9.59 Å². The number of nitrogens with one attached hydrogen (secondary N) is 2. The number of aliphatic hydroxyl groups is 1. The predicted octanol–water partition coefficient (Wildman–Crippen LogP) is 1.37. The number of anilines is 2. The van der Waals surface area contributed by atoms with Crippen molar-refractivity contribution in [2.75, 3.05) is 24.4 Å². The van der Waals surface area contributed by atoms with Gasteiger partial charge in [0, 0.05) is 24.9 Å². The molecule has 1 aromatic carbocycles. The first-order valence-electron chi connectivity index (χ1n) is 6.38. The van der Waals surface area contributed by atoms with E-state index < -0.39 is 6.10 Å². The number of rotatable bonds is 7. The van der Waals surface area contributed by atoms with Crippen molar-refractivity contribution in [3.05, 3.63) is 24.3 Å². The Hall–Kier alpha value is -1.92. The molecular weight excluding hydrogens is 260 g/mol. The van der Waals surface area contributed by atoms with E-state index in [1.54, 1.807) is 31.2 Å². The van der Waals surface area contributed by atoms with Crippen LogP contribution in [0, 0.1) is 0 Å². The molecule has 3 N–H and O–H groups in total. The molecule has 1 unspecified atom stereocenters. The Kier molecular flexibility index (Phi) is 6.69. The van der Waals surface area contributed by atoms with Gasteiger partial charge in [-0.05, 0) is 37.6 Å². The first-order valence-corrected chi connectivity index (χ1v) is 6.38. The highest BCUT2D eigenvalue weighted by Crippen LogP contribution is 2.14. The molecule has 0 spiro atoms. The molecule has 6 nitrogen and oxygen atoms in total. The summed E-state index contributed by atoms with van der Waals surface area (Å²) in [6.45, 7) is 1.64. The molecule has 1 rings (SSSR count). The van der Waals surface area contributed by atoms with Gasteiger partial charge in [-0.1, -0.05) is 0 Å². The number of ether oxygens (including phenoxy) is 1. The molecule has 6 heteroatoms. The topological polar surface area (TPSA) is 87.7 Å². The van der Waals surface area contributed by atoms with E-state index in [4.69, 9.17) is 9.84 Å². The standard InChI is InChI=1S/C14H20N2O4/c1-10(17)3-8-13(18)15-11-4-6-12(7-5-11)16-14(19)9-20-2/h4-7,10,17H,3,8-9H2,1-2H3,(H,15,18)(H,16,19). The van der Waals surface area contributed by atoms with E-state index >= 15 is 0 Å². The lowest BCUT2D eigenvalue weighted by Crippen LogP contribution is -2.17. The zero-order valence-electron chi connectivity index (χ0n) is 11.7. The van der Waals surface area contributed by atoms with Crippen molar-refractivity contribution >= 4 is 23.2 Å². The van der Waals surface area contributed by atoms with E-state index in [0.717, 1.165) is 0 Å². The second-order valence-corrected chi connectivity index (χ2v) is 4.49. The van der Waals surface area contributed by atoms with Crippen LogP contribution in [-0.2, 0) is 14.3 Å². The van der Waals surface area contributed by atoms with Gasteiger partial charge in [0.15, 0.2) is 0 Å². The minimum atomic E-state index is -0.487. The highest BCUT2D eigenvalue weighted by Gasteiger charge is 2.05. The van der Waals surface area contributed by atoms with Gasteiger partial charge in [0.05, 0.1) is 6.10 Å². The van der Waals surface area contributed by atoms with Crippen LogP contribution < -0.4 is 10.6 Å². The van der Waals surface area contributed by atoms with Crippen LogP contribution in [0.5, 0.6) is 0 Å². The van der Waals surface area contributed by atoms with E-state index in [9.17, 15) is 9.59 Å². The smallest absolute Gasteiger partial charge is 0.250 e. The number of amides is 2. The van der Waals surface area contributed by atoms with E-state index in [0.29, 0.717) is 17.8 Å². The highest BCUT2D eigenvalue weighted by molar-refractivity contribution is 5.93. The van der Waals surface area contributed by atoms with Crippen LogP contribution in [0.2, 0.25) is 0 Å². The Morgan fingerprint density at radius 3 is 2.10 bits per heavy atom. The third-order valence-corrected chi connectivity index (χ3v) is 2.52. The molecule has 0 aliphatic carbocycles. The number of carbonyl (C=O) groups excluding carboxylic acids is 2. The Bertz CT molecular complexity index is 443. The molecule has 1 atom stereocenters. The van der Waals surface area contributed by atoms with Gasteiger partial charge in [-0.2, -0.15) is 0 Å². The molecule has 0 saturated heterocycles. The van der Waals surface area contributed by atoms with E-state index in [-0.39, 0.29) is 24.8 Å². The maximum absolute atomic E-state index is 11.6. The van der Waals surface area contributed by atoms with Crippen LogP contribution in [0.25, 0.3) is 0 Å². The summed E-state index contributed by atoms with van der Waals surface area (Å²) in [4.78, 5) is 22.9. The average Bonchev–Trinajstić information content (AvgIpc) is 2.39. The minimum absolute atomic E-state index is 0.00215. The van der Waals surface area contributed by atoms with Crippen LogP contribution >= 0.6 is 0 Å². The summed E-state index contributed by atoms with van der Waals surface area (Å²) >= 11 is 0. The quantitative estimate of drug-likeness (QED) is 0.704.